The maximum atomic E-state index is 13.5. The van der Waals surface area contributed by atoms with Crippen molar-refractivity contribution in [1.29, 1.82) is 0 Å². The molecule has 6 nitrogen and oxygen atoms in total. The predicted molar refractivity (Wildman–Crippen MR) is 125 cm³/mol. The first-order chi connectivity index (χ1) is 13.9. The van der Waals surface area contributed by atoms with Crippen molar-refractivity contribution in [3.05, 3.63) is 53.6 Å². The summed E-state index contributed by atoms with van der Waals surface area (Å²) in [6.45, 7) is 4.48. The molecule has 0 radical (unpaired) electrons. The van der Waals surface area contributed by atoms with Gasteiger partial charge in [-0.2, -0.15) is 0 Å². The second-order valence-electron chi connectivity index (χ2n) is 6.91. The molecule has 1 heterocycles. The Morgan fingerprint density at radius 2 is 1.90 bits per heavy atom. The van der Waals surface area contributed by atoms with Gasteiger partial charge in [0.25, 0.3) is 5.91 Å². The van der Waals surface area contributed by atoms with Crippen molar-refractivity contribution in [3.8, 4) is 5.75 Å². The minimum absolute atomic E-state index is 0. The third-order valence-electron chi connectivity index (χ3n) is 4.77. The number of esters is 1. The van der Waals surface area contributed by atoms with E-state index in [-0.39, 0.29) is 28.1 Å². The molecule has 0 aliphatic carbocycles. The summed E-state index contributed by atoms with van der Waals surface area (Å²) in [5, 5.41) is 2.72. The minimum Gasteiger partial charge on any atom is -0.497 e. The second kappa shape index (κ2) is 10.8. The van der Waals surface area contributed by atoms with E-state index in [0.717, 1.165) is 27.5 Å². The fourth-order valence-corrected chi connectivity index (χ4v) is 4.74. The maximum Gasteiger partial charge on any atom is 0.303 e. The summed E-state index contributed by atoms with van der Waals surface area (Å²) in [6.07, 6.45) is -0.921. The quantitative estimate of drug-likeness (QED) is 0.613. The standard InChI is InChI=1S/C22H26N2O4S.BrH/c1-14-5-10-18-19(13-14)29-21(16-6-8-17(27-4)9-7-16)20(28-15(2)25)22(26)24(18)12-11-23-3;/h5-10,13,20-21,23H,11-12H2,1-4H3;1H/t20-,21+;/m1./s1. The Kier molecular flexibility index (Phi) is 8.76. The Morgan fingerprint density at radius 3 is 2.50 bits per heavy atom. The lowest BCUT2D eigenvalue weighted by Crippen LogP contribution is -2.45. The Morgan fingerprint density at radius 1 is 1.20 bits per heavy atom. The molecule has 8 heteroatoms. The molecule has 0 aromatic heterocycles. The van der Waals surface area contributed by atoms with Gasteiger partial charge < -0.3 is 19.7 Å². The molecule has 0 fully saturated rings. The van der Waals surface area contributed by atoms with Crippen LogP contribution in [-0.2, 0) is 14.3 Å². The zero-order chi connectivity index (χ0) is 21.0. The largest absolute Gasteiger partial charge is 0.497 e. The number of aryl methyl sites for hydroxylation is 1. The number of benzene rings is 2. The SMILES string of the molecule is Br.CNCCN1C(=O)[C@H](OC(C)=O)[C@H](c2ccc(OC)cc2)Sc2cc(C)ccc21. The van der Waals surface area contributed by atoms with Crippen LogP contribution >= 0.6 is 28.7 Å². The summed E-state index contributed by atoms with van der Waals surface area (Å²) in [5.74, 6) is 0.0409. The van der Waals surface area contributed by atoms with E-state index in [1.807, 2.05) is 50.4 Å². The van der Waals surface area contributed by atoms with Crippen molar-refractivity contribution in [2.45, 2.75) is 30.1 Å². The van der Waals surface area contributed by atoms with E-state index in [0.29, 0.717) is 13.1 Å². The van der Waals surface area contributed by atoms with Gasteiger partial charge in [-0.05, 0) is 49.4 Å². The van der Waals surface area contributed by atoms with Crippen LogP contribution in [0.4, 0.5) is 5.69 Å². The van der Waals surface area contributed by atoms with Gasteiger partial charge in [0.05, 0.1) is 18.0 Å². The van der Waals surface area contributed by atoms with Gasteiger partial charge in [0.2, 0.25) is 0 Å². The van der Waals surface area contributed by atoms with Gasteiger partial charge in [-0.3, -0.25) is 9.59 Å². The van der Waals surface area contributed by atoms with Gasteiger partial charge in [0.1, 0.15) is 5.75 Å². The third kappa shape index (κ3) is 5.36. The number of ether oxygens (including phenoxy) is 2. The molecule has 1 aliphatic rings. The monoisotopic (exact) mass is 494 g/mol. The first-order valence-electron chi connectivity index (χ1n) is 9.49. The first kappa shape index (κ1) is 24.2. The van der Waals surface area contributed by atoms with Crippen LogP contribution in [-0.4, -0.2) is 45.2 Å². The van der Waals surface area contributed by atoms with Crippen molar-refractivity contribution < 1.29 is 19.1 Å². The molecule has 0 unspecified atom stereocenters. The lowest BCUT2D eigenvalue weighted by Gasteiger charge is -2.27. The van der Waals surface area contributed by atoms with Crippen LogP contribution in [0.3, 0.4) is 0 Å². The molecule has 30 heavy (non-hydrogen) atoms. The van der Waals surface area contributed by atoms with E-state index in [4.69, 9.17) is 9.47 Å². The van der Waals surface area contributed by atoms with Crippen molar-refractivity contribution >= 4 is 46.3 Å². The van der Waals surface area contributed by atoms with E-state index in [1.165, 1.54) is 6.92 Å². The number of rotatable bonds is 6. The smallest absolute Gasteiger partial charge is 0.303 e. The Bertz CT molecular complexity index is 891. The number of amides is 1. The Hall–Kier alpha value is -2.03. The van der Waals surface area contributed by atoms with Crippen LogP contribution in [0.25, 0.3) is 0 Å². The number of halogens is 1. The number of carbonyl (C=O) groups excluding carboxylic acids is 2. The topological polar surface area (TPSA) is 67.9 Å². The van der Waals surface area contributed by atoms with Crippen LogP contribution in [0.15, 0.2) is 47.4 Å². The minimum atomic E-state index is -0.921. The van der Waals surface area contributed by atoms with E-state index >= 15 is 0 Å². The number of hydrogen-bond donors (Lipinski definition) is 1. The third-order valence-corrected chi connectivity index (χ3v) is 6.12. The number of fused-ring (bicyclic) bond motifs is 1. The summed E-state index contributed by atoms with van der Waals surface area (Å²) in [5.41, 5.74) is 2.85. The van der Waals surface area contributed by atoms with Crippen molar-refractivity contribution in [2.75, 3.05) is 32.1 Å². The summed E-state index contributed by atoms with van der Waals surface area (Å²) < 4.78 is 10.8. The van der Waals surface area contributed by atoms with Crippen LogP contribution in [0.2, 0.25) is 0 Å². The summed E-state index contributed by atoms with van der Waals surface area (Å²) in [7, 11) is 3.45. The molecule has 2 aromatic rings. The summed E-state index contributed by atoms with van der Waals surface area (Å²) in [6, 6.07) is 13.6. The molecular formula is C22H27BrN2O4S. The van der Waals surface area contributed by atoms with Gasteiger partial charge in [-0.15, -0.1) is 28.7 Å². The van der Waals surface area contributed by atoms with Gasteiger partial charge in [0, 0.05) is 24.9 Å². The highest BCUT2D eigenvalue weighted by Gasteiger charge is 2.40. The van der Waals surface area contributed by atoms with Crippen LogP contribution in [0.5, 0.6) is 5.75 Å². The number of anilines is 1. The zero-order valence-electron chi connectivity index (χ0n) is 17.5. The average Bonchev–Trinajstić information content (AvgIpc) is 2.81. The molecule has 0 spiro atoms. The van der Waals surface area contributed by atoms with Gasteiger partial charge in [-0.1, -0.05) is 18.2 Å². The molecule has 162 valence electrons. The number of nitrogens with one attached hydrogen (secondary N) is 1. The summed E-state index contributed by atoms with van der Waals surface area (Å²) in [4.78, 5) is 28.1. The number of hydrogen-bond acceptors (Lipinski definition) is 6. The van der Waals surface area contributed by atoms with Crippen LogP contribution < -0.4 is 15.0 Å². The van der Waals surface area contributed by atoms with Gasteiger partial charge >= 0.3 is 5.97 Å². The van der Waals surface area contributed by atoms with Crippen LogP contribution in [0.1, 0.15) is 23.3 Å². The molecule has 1 aliphatic heterocycles. The van der Waals surface area contributed by atoms with E-state index in [2.05, 4.69) is 11.4 Å². The van der Waals surface area contributed by atoms with E-state index in [9.17, 15) is 9.59 Å². The molecule has 2 aromatic carbocycles. The molecule has 0 saturated heterocycles. The number of likely N-dealkylation sites (N-methyl/N-ethyl adjacent to an activating group) is 1. The number of carbonyl (C=O) groups is 2. The van der Waals surface area contributed by atoms with Gasteiger partial charge in [0.15, 0.2) is 6.10 Å². The van der Waals surface area contributed by atoms with Crippen molar-refractivity contribution in [3.63, 3.8) is 0 Å². The number of nitrogens with zero attached hydrogens (tertiary/aromatic N) is 1. The molecule has 1 amide bonds. The van der Waals surface area contributed by atoms with Crippen molar-refractivity contribution in [2.24, 2.45) is 0 Å². The normalized spacial score (nSPS) is 18.1. The molecular weight excluding hydrogens is 468 g/mol. The lowest BCUT2D eigenvalue weighted by molar-refractivity contribution is -0.152. The van der Waals surface area contributed by atoms with Crippen LogP contribution in [0, 0.1) is 6.92 Å². The Balaban J connectivity index is 0.00000320. The number of methoxy groups -OCH3 is 1. The number of thioether (sulfide) groups is 1. The maximum absolute atomic E-state index is 13.5. The fraction of sp³-hybridized carbons (Fsp3) is 0.364. The van der Waals surface area contributed by atoms with Gasteiger partial charge in [-0.25, -0.2) is 0 Å². The summed E-state index contributed by atoms with van der Waals surface area (Å²) >= 11 is 1.55. The highest BCUT2D eigenvalue weighted by molar-refractivity contribution is 8.93. The Labute approximate surface area is 192 Å². The molecule has 1 N–H and O–H groups in total. The zero-order valence-corrected chi connectivity index (χ0v) is 20.0. The lowest BCUT2D eigenvalue weighted by atomic mass is 10.1. The van der Waals surface area contributed by atoms with Crippen molar-refractivity contribution in [1.82, 2.24) is 5.32 Å². The molecule has 0 bridgehead atoms. The van der Waals surface area contributed by atoms with E-state index in [1.54, 1.807) is 23.8 Å². The molecule has 3 rings (SSSR count). The highest BCUT2D eigenvalue weighted by Crippen LogP contribution is 2.47. The first-order valence-corrected chi connectivity index (χ1v) is 10.4. The average molecular weight is 495 g/mol. The fourth-order valence-electron chi connectivity index (χ4n) is 3.32. The second-order valence-corrected chi connectivity index (χ2v) is 8.09. The predicted octanol–water partition coefficient (Wildman–Crippen LogP) is 3.91. The molecule has 2 atom stereocenters. The van der Waals surface area contributed by atoms with E-state index < -0.39 is 12.1 Å². The molecule has 0 saturated carbocycles. The highest BCUT2D eigenvalue weighted by atomic mass is 79.9.